The van der Waals surface area contributed by atoms with Crippen LogP contribution in [-0.4, -0.2) is 88.0 Å². The zero-order valence-corrected chi connectivity index (χ0v) is 4.67. The molecule has 5 heteroatoms. The normalized spacial score (nSPS) is 0. The molecule has 0 fully saturated rings. The molecule has 28 valence electrons. The Bertz CT molecular complexity index is 7.61. The predicted molar refractivity (Wildman–Crippen MR) is 31.5 cm³/mol. The zero-order valence-electron chi connectivity index (χ0n) is 1.71. The van der Waals surface area contributed by atoms with Crippen LogP contribution in [0.25, 0.3) is 0 Å². The van der Waals surface area contributed by atoms with Crippen LogP contribution in [0.3, 0.4) is 0 Å². The summed E-state index contributed by atoms with van der Waals surface area (Å²) >= 11 is 0. The van der Waals surface area contributed by atoms with Gasteiger partial charge in [-0.1, -0.05) is 0 Å². The molecule has 0 spiro atoms. The summed E-state index contributed by atoms with van der Waals surface area (Å²) in [7, 11) is 0. The summed E-state index contributed by atoms with van der Waals surface area (Å²) < 4.78 is 0. The molecule has 0 aliphatic rings. The molecular weight excluding hydrogens is 153 g/mol. The van der Waals surface area contributed by atoms with Crippen molar-refractivity contribution < 1.29 is 11.0 Å². The molecule has 0 saturated heterocycles. The van der Waals surface area contributed by atoms with E-state index in [0.717, 1.165) is 0 Å². The van der Waals surface area contributed by atoms with Gasteiger partial charge in [-0.15, -0.1) is 0 Å². The van der Waals surface area contributed by atoms with Crippen LogP contribution in [0.2, 0.25) is 0 Å². The average molecular weight is 162 g/mol. The van der Waals surface area contributed by atoms with Gasteiger partial charge in [-0.05, 0) is 0 Å². The third-order valence-electron chi connectivity index (χ3n) is 0. The fourth-order valence-corrected chi connectivity index (χ4v) is 0. The van der Waals surface area contributed by atoms with E-state index in [1.807, 2.05) is 0 Å². The molecule has 2 nitrogen and oxygen atoms in total. The van der Waals surface area contributed by atoms with Crippen molar-refractivity contribution in [3.63, 3.8) is 0 Å². The zero-order chi connectivity index (χ0) is 0. The van der Waals surface area contributed by atoms with Gasteiger partial charge in [0, 0.05) is 0 Å². The van der Waals surface area contributed by atoms with Crippen LogP contribution in [0.5, 0.6) is 0 Å². The molecule has 1 unspecified atom stereocenters. The Kier molecular flexibility index (Phi) is 323. The second-order valence-electron chi connectivity index (χ2n) is 0. The summed E-state index contributed by atoms with van der Waals surface area (Å²) in [5.41, 5.74) is 0. The van der Waals surface area contributed by atoms with Gasteiger partial charge in [-0.3, -0.25) is 0 Å². The van der Waals surface area contributed by atoms with E-state index >= 15 is 0 Å². The summed E-state index contributed by atoms with van der Waals surface area (Å²) in [5.74, 6) is 0. The molecule has 0 aliphatic heterocycles. The number of hydrogen-bond donors (Lipinski definition) is 0. The second-order valence-corrected chi connectivity index (χ2v) is 0. The van der Waals surface area contributed by atoms with Gasteiger partial charge < -0.3 is 11.0 Å². The van der Waals surface area contributed by atoms with E-state index in [1.165, 1.54) is 0 Å². The first-order valence-electron chi connectivity index (χ1n) is 0. The fourth-order valence-electron chi connectivity index (χ4n) is 0. The molecule has 5 heavy (non-hydrogen) atoms. The molecule has 0 bridgehead atoms. The van der Waals surface area contributed by atoms with Crippen molar-refractivity contribution >= 4 is 77.1 Å². The fraction of sp³-hybridized carbons (Fsp3) is 0. The van der Waals surface area contributed by atoms with E-state index in [9.17, 15) is 0 Å². The number of hydrogen-bond acceptors (Lipinski definition) is 0. The standard InChI is InChI=1S/AsH3.2Na.2H2O.2H/h1H3;;;2*1H2;;. The molecule has 0 radical (unpaired) electrons. The van der Waals surface area contributed by atoms with Gasteiger partial charge >= 0.3 is 77.1 Å². The quantitative estimate of drug-likeness (QED) is 0.325. The minimum atomic E-state index is 0. The topological polar surface area (TPSA) is 63.0 Å². The summed E-state index contributed by atoms with van der Waals surface area (Å²) in [6.07, 6.45) is 0. The van der Waals surface area contributed by atoms with Crippen LogP contribution >= 0.6 is 0 Å². The molecule has 0 rings (SSSR count). The Labute approximate surface area is 86.6 Å². The molecule has 4 N–H and O–H groups in total. The van der Waals surface area contributed by atoms with Crippen LogP contribution in [0.1, 0.15) is 0 Å². The molecule has 0 saturated carbocycles. The number of rotatable bonds is 0. The minimum absolute atomic E-state index is 0. The van der Waals surface area contributed by atoms with Gasteiger partial charge in [0.05, 0.1) is 0 Å². The Balaban J connectivity index is 0. The maximum absolute atomic E-state index is 0. The molecule has 0 aliphatic carbocycles. The van der Waals surface area contributed by atoms with Crippen molar-refractivity contribution in [1.29, 1.82) is 0 Å². The van der Waals surface area contributed by atoms with E-state index in [1.54, 1.807) is 0 Å². The van der Waals surface area contributed by atoms with Gasteiger partial charge in [0.2, 0.25) is 0 Å². The molecule has 0 aromatic carbocycles. The van der Waals surface area contributed by atoms with Gasteiger partial charge in [0.25, 0.3) is 0 Å². The molecule has 0 aromatic rings. The molecule has 1 atom stereocenters. The third-order valence-corrected chi connectivity index (χ3v) is 0. The summed E-state index contributed by atoms with van der Waals surface area (Å²) in [6.45, 7) is 0. The summed E-state index contributed by atoms with van der Waals surface area (Å²) in [6, 6.07) is 0. The van der Waals surface area contributed by atoms with E-state index in [0.29, 0.717) is 0 Å². The first-order chi connectivity index (χ1) is 0. The average Bonchev–Trinajstić information content (AvgIpc) is 0. The van der Waals surface area contributed by atoms with Crippen LogP contribution in [0, 0.1) is 0 Å². The molecule has 0 aromatic heterocycles. The Morgan fingerprint density at radius 1 is 0.600 bits per heavy atom. The molecule has 0 heterocycles. The molecular formula is H9AsNa2O2. The van der Waals surface area contributed by atoms with E-state index < -0.39 is 0 Å². The Morgan fingerprint density at radius 3 is 0.600 bits per heavy atom. The Morgan fingerprint density at radius 2 is 0.600 bits per heavy atom. The molecule has 0 amide bonds. The van der Waals surface area contributed by atoms with E-state index in [2.05, 4.69) is 0 Å². The van der Waals surface area contributed by atoms with Gasteiger partial charge in [0.15, 0.2) is 0 Å². The maximum atomic E-state index is 0. The van der Waals surface area contributed by atoms with Crippen LogP contribution in [0.4, 0.5) is 0 Å². The monoisotopic (exact) mass is 162 g/mol. The summed E-state index contributed by atoms with van der Waals surface area (Å²) in [4.78, 5) is 0. The SMILES string of the molecule is O.O.[AsH3].[NaH].[NaH]. The Hall–Kier alpha value is 2.48. The van der Waals surface area contributed by atoms with Crippen molar-refractivity contribution in [3.8, 4) is 0 Å². The first-order valence-corrected chi connectivity index (χ1v) is 0. The van der Waals surface area contributed by atoms with Gasteiger partial charge in [-0.25, -0.2) is 0 Å². The van der Waals surface area contributed by atoms with E-state index in [4.69, 9.17) is 0 Å². The van der Waals surface area contributed by atoms with Crippen LogP contribution in [0.15, 0.2) is 0 Å². The van der Waals surface area contributed by atoms with Crippen LogP contribution < -0.4 is 0 Å². The van der Waals surface area contributed by atoms with Gasteiger partial charge in [0.1, 0.15) is 0 Å². The van der Waals surface area contributed by atoms with Crippen molar-refractivity contribution in [2.75, 3.05) is 0 Å². The van der Waals surface area contributed by atoms with Crippen molar-refractivity contribution in [2.24, 2.45) is 0 Å². The van der Waals surface area contributed by atoms with Gasteiger partial charge in [-0.2, -0.15) is 0 Å². The third kappa shape index (κ3) is 21.2. The van der Waals surface area contributed by atoms with Crippen molar-refractivity contribution in [3.05, 3.63) is 0 Å². The summed E-state index contributed by atoms with van der Waals surface area (Å²) in [5, 5.41) is 0. The van der Waals surface area contributed by atoms with E-state index in [-0.39, 0.29) is 88.0 Å². The van der Waals surface area contributed by atoms with Crippen molar-refractivity contribution in [1.82, 2.24) is 0 Å². The first kappa shape index (κ1) is 51.1. The van der Waals surface area contributed by atoms with Crippen LogP contribution in [-0.2, 0) is 0 Å². The predicted octanol–water partition coefficient (Wildman–Crippen LogP) is -4.13. The van der Waals surface area contributed by atoms with Crippen molar-refractivity contribution in [2.45, 2.75) is 0 Å². The second kappa shape index (κ2) is 31.7.